The van der Waals surface area contributed by atoms with Gasteiger partial charge < -0.3 is 14.6 Å². The van der Waals surface area contributed by atoms with E-state index >= 15 is 0 Å². The van der Waals surface area contributed by atoms with Crippen molar-refractivity contribution in [2.75, 3.05) is 25.6 Å². The Bertz CT molecular complexity index is 508. The van der Waals surface area contributed by atoms with Gasteiger partial charge in [-0.2, -0.15) is 0 Å². The van der Waals surface area contributed by atoms with Crippen LogP contribution in [0.3, 0.4) is 0 Å². The molecular formula is C11H15N5O. The first kappa shape index (κ1) is 11.5. The Kier molecular flexibility index (Phi) is 3.66. The summed E-state index contributed by atoms with van der Waals surface area (Å²) < 4.78 is 6.98. The zero-order valence-corrected chi connectivity index (χ0v) is 9.76. The number of fused-ring (bicyclic) bond motifs is 1. The average Bonchev–Trinajstić information content (AvgIpc) is 2.77. The summed E-state index contributed by atoms with van der Waals surface area (Å²) in [5.41, 5.74) is 1.58. The normalized spacial score (nSPS) is 10.6. The van der Waals surface area contributed by atoms with Crippen LogP contribution in [0.25, 0.3) is 11.2 Å². The Morgan fingerprint density at radius 3 is 3.12 bits per heavy atom. The zero-order chi connectivity index (χ0) is 12.1. The lowest BCUT2D eigenvalue weighted by molar-refractivity contribution is 0.188. The molecule has 6 heteroatoms. The lowest BCUT2D eigenvalue weighted by Crippen LogP contribution is -2.05. The fourth-order valence-electron chi connectivity index (χ4n) is 1.53. The number of anilines is 1. The van der Waals surface area contributed by atoms with Crippen LogP contribution in [0.15, 0.2) is 25.3 Å². The Hall–Kier alpha value is -1.95. The van der Waals surface area contributed by atoms with E-state index in [4.69, 9.17) is 4.74 Å². The summed E-state index contributed by atoms with van der Waals surface area (Å²) in [6, 6.07) is 0. The van der Waals surface area contributed by atoms with E-state index in [1.165, 1.54) is 6.33 Å². The van der Waals surface area contributed by atoms with Crippen molar-refractivity contribution in [3.05, 3.63) is 25.3 Å². The highest BCUT2D eigenvalue weighted by atomic mass is 16.5. The van der Waals surface area contributed by atoms with Crippen molar-refractivity contribution in [2.24, 2.45) is 0 Å². The van der Waals surface area contributed by atoms with Crippen molar-refractivity contribution in [1.82, 2.24) is 19.5 Å². The van der Waals surface area contributed by atoms with Gasteiger partial charge in [0.2, 0.25) is 0 Å². The highest BCUT2D eigenvalue weighted by molar-refractivity contribution is 5.82. The van der Waals surface area contributed by atoms with Gasteiger partial charge in [0, 0.05) is 20.2 Å². The first-order valence-electron chi connectivity index (χ1n) is 5.36. The van der Waals surface area contributed by atoms with Gasteiger partial charge >= 0.3 is 0 Å². The first-order chi connectivity index (χ1) is 8.36. The van der Waals surface area contributed by atoms with Crippen LogP contribution in [0, 0.1) is 0 Å². The average molecular weight is 233 g/mol. The number of methoxy groups -OCH3 is 1. The van der Waals surface area contributed by atoms with Crippen molar-refractivity contribution in [3.63, 3.8) is 0 Å². The highest BCUT2D eigenvalue weighted by Gasteiger charge is 2.08. The van der Waals surface area contributed by atoms with Crippen LogP contribution in [-0.4, -0.2) is 39.8 Å². The third-order valence-electron chi connectivity index (χ3n) is 2.35. The van der Waals surface area contributed by atoms with Crippen molar-refractivity contribution in [1.29, 1.82) is 0 Å². The molecular weight excluding hydrogens is 218 g/mol. The molecule has 17 heavy (non-hydrogen) atoms. The van der Waals surface area contributed by atoms with E-state index in [1.54, 1.807) is 19.5 Å². The number of rotatable bonds is 6. The quantitative estimate of drug-likeness (QED) is 0.756. The van der Waals surface area contributed by atoms with E-state index in [-0.39, 0.29) is 0 Å². The molecule has 0 amide bonds. The summed E-state index contributed by atoms with van der Waals surface area (Å²) >= 11 is 0. The van der Waals surface area contributed by atoms with Crippen LogP contribution in [0.1, 0.15) is 0 Å². The fraction of sp³-hybridized carbons (Fsp3) is 0.364. The third kappa shape index (κ3) is 2.42. The third-order valence-corrected chi connectivity index (χ3v) is 2.35. The Balaban J connectivity index is 2.31. The van der Waals surface area contributed by atoms with Crippen LogP contribution in [0.4, 0.5) is 5.82 Å². The molecule has 0 aliphatic rings. The van der Waals surface area contributed by atoms with Gasteiger partial charge in [0.1, 0.15) is 11.8 Å². The summed E-state index contributed by atoms with van der Waals surface area (Å²) in [6.45, 7) is 5.66. The molecule has 2 rings (SSSR count). The van der Waals surface area contributed by atoms with E-state index < -0.39 is 0 Å². The maximum atomic E-state index is 5.04. The second-order valence-corrected chi connectivity index (χ2v) is 3.49. The molecule has 0 saturated heterocycles. The second-order valence-electron chi connectivity index (χ2n) is 3.49. The summed E-state index contributed by atoms with van der Waals surface area (Å²) in [6.07, 6.45) is 5.05. The number of nitrogens with one attached hydrogen (secondary N) is 1. The van der Waals surface area contributed by atoms with Crippen LogP contribution in [0.2, 0.25) is 0 Å². The maximum absolute atomic E-state index is 5.04. The van der Waals surface area contributed by atoms with E-state index in [0.29, 0.717) is 13.2 Å². The maximum Gasteiger partial charge on any atom is 0.165 e. The molecule has 0 bridgehead atoms. The smallest absolute Gasteiger partial charge is 0.165 e. The Labute approximate surface area is 99.4 Å². The molecule has 90 valence electrons. The minimum absolute atomic E-state index is 0.630. The number of nitrogens with zero attached hydrogens (tertiary/aromatic N) is 4. The molecule has 2 aromatic heterocycles. The predicted octanol–water partition coefficient (Wildman–Crippen LogP) is 1.07. The van der Waals surface area contributed by atoms with Gasteiger partial charge in [-0.25, -0.2) is 15.0 Å². The lowest BCUT2D eigenvalue weighted by atomic mass is 10.4. The van der Waals surface area contributed by atoms with Gasteiger partial charge in [-0.1, -0.05) is 6.08 Å². The Morgan fingerprint density at radius 2 is 2.35 bits per heavy atom. The Morgan fingerprint density at radius 1 is 1.47 bits per heavy atom. The molecule has 0 unspecified atom stereocenters. The number of hydrogen-bond acceptors (Lipinski definition) is 5. The van der Waals surface area contributed by atoms with Gasteiger partial charge in [-0.3, -0.25) is 0 Å². The molecule has 0 spiro atoms. The van der Waals surface area contributed by atoms with E-state index in [9.17, 15) is 0 Å². The second kappa shape index (κ2) is 5.40. The van der Waals surface area contributed by atoms with Gasteiger partial charge in [-0.05, 0) is 0 Å². The van der Waals surface area contributed by atoms with E-state index in [1.807, 2.05) is 4.57 Å². The largest absolute Gasteiger partial charge is 0.383 e. The number of hydrogen-bond donors (Lipinski definition) is 1. The first-order valence-corrected chi connectivity index (χ1v) is 5.36. The van der Waals surface area contributed by atoms with Crippen molar-refractivity contribution >= 4 is 17.0 Å². The highest BCUT2D eigenvalue weighted by Crippen LogP contribution is 2.16. The van der Waals surface area contributed by atoms with Crippen LogP contribution in [-0.2, 0) is 11.3 Å². The lowest BCUT2D eigenvalue weighted by Gasteiger charge is -2.04. The van der Waals surface area contributed by atoms with Gasteiger partial charge in [0.05, 0.1) is 12.9 Å². The fourth-order valence-corrected chi connectivity index (χ4v) is 1.53. The molecule has 6 nitrogen and oxygen atoms in total. The topological polar surface area (TPSA) is 64.9 Å². The van der Waals surface area contributed by atoms with Crippen molar-refractivity contribution in [3.8, 4) is 0 Å². The molecule has 2 heterocycles. The minimum atomic E-state index is 0.630. The summed E-state index contributed by atoms with van der Waals surface area (Å²) in [4.78, 5) is 12.7. The monoisotopic (exact) mass is 233 g/mol. The van der Waals surface area contributed by atoms with E-state index in [0.717, 1.165) is 23.5 Å². The molecule has 2 aromatic rings. The van der Waals surface area contributed by atoms with Crippen molar-refractivity contribution < 1.29 is 4.74 Å². The van der Waals surface area contributed by atoms with Crippen LogP contribution >= 0.6 is 0 Å². The molecule has 0 aromatic carbocycles. The molecule has 0 fully saturated rings. The van der Waals surface area contributed by atoms with Crippen LogP contribution in [0.5, 0.6) is 0 Å². The molecule has 0 saturated carbocycles. The minimum Gasteiger partial charge on any atom is -0.383 e. The van der Waals surface area contributed by atoms with Gasteiger partial charge in [-0.15, -0.1) is 6.58 Å². The summed E-state index contributed by atoms with van der Waals surface area (Å²) in [5, 5.41) is 3.13. The van der Waals surface area contributed by atoms with Crippen molar-refractivity contribution in [2.45, 2.75) is 6.54 Å². The summed E-state index contributed by atoms with van der Waals surface area (Å²) in [5.74, 6) is 0.728. The SMILES string of the molecule is C=CCNc1ncnc2c1ncn2CCOC. The standard InChI is InChI=1S/C11H15N5O/c1-3-4-12-10-9-11(14-7-13-10)16(8-15-9)5-6-17-2/h3,7-8H,1,4-6H2,2H3,(H,12,13,14). The molecule has 0 aliphatic carbocycles. The van der Waals surface area contributed by atoms with Gasteiger partial charge in [0.15, 0.2) is 11.5 Å². The molecule has 0 aliphatic heterocycles. The van der Waals surface area contributed by atoms with E-state index in [2.05, 4.69) is 26.8 Å². The number of aromatic nitrogens is 4. The number of ether oxygens (including phenoxy) is 1. The molecule has 0 radical (unpaired) electrons. The summed E-state index contributed by atoms with van der Waals surface area (Å²) in [7, 11) is 1.67. The predicted molar refractivity (Wildman–Crippen MR) is 65.9 cm³/mol. The van der Waals surface area contributed by atoms with Crippen LogP contribution < -0.4 is 5.32 Å². The van der Waals surface area contributed by atoms with Gasteiger partial charge in [0.25, 0.3) is 0 Å². The molecule has 0 atom stereocenters. The zero-order valence-electron chi connectivity index (χ0n) is 9.76. The molecule has 1 N–H and O–H groups in total. The number of imidazole rings is 1.